The molecule has 5 nitrogen and oxygen atoms in total. The lowest BCUT2D eigenvalue weighted by Crippen LogP contribution is -2.26. The molecule has 1 aromatic heterocycles. The van der Waals surface area contributed by atoms with E-state index in [2.05, 4.69) is 15.7 Å². The molecule has 1 amide bonds. The van der Waals surface area contributed by atoms with Crippen molar-refractivity contribution in [2.45, 2.75) is 19.0 Å². The summed E-state index contributed by atoms with van der Waals surface area (Å²) in [6.07, 6.45) is -1.24. The topological polar surface area (TPSA) is 59.0 Å². The molecule has 3 rings (SSSR count). The molecule has 2 aromatic rings. The van der Waals surface area contributed by atoms with Crippen LogP contribution in [0.15, 0.2) is 36.5 Å². The fourth-order valence-corrected chi connectivity index (χ4v) is 2.86. The van der Waals surface area contributed by atoms with E-state index >= 15 is 0 Å². The highest BCUT2D eigenvalue weighted by atomic mass is 35.5. The Morgan fingerprint density at radius 1 is 1.35 bits per heavy atom. The number of carbonyl (C=O) groups is 1. The van der Waals surface area contributed by atoms with Gasteiger partial charge in [0.15, 0.2) is 5.69 Å². The second-order valence-electron chi connectivity index (χ2n) is 6.10. The van der Waals surface area contributed by atoms with Crippen molar-refractivity contribution in [1.29, 1.82) is 0 Å². The Hall–Kier alpha value is -2.06. The van der Waals surface area contributed by atoms with Gasteiger partial charge in [-0.1, -0.05) is 6.07 Å². The summed E-state index contributed by atoms with van der Waals surface area (Å²) in [7, 11) is 0. The molecular weight excluding hydrogens is 369 g/mol. The third-order valence-electron chi connectivity index (χ3n) is 4.25. The first-order chi connectivity index (χ1) is 11.9. The Kier molecular flexibility index (Phi) is 6.66. The van der Waals surface area contributed by atoms with E-state index in [1.54, 1.807) is 18.2 Å². The maximum absolute atomic E-state index is 12.6. The molecule has 2 N–H and O–H groups in total. The van der Waals surface area contributed by atoms with E-state index in [1.807, 2.05) is 0 Å². The van der Waals surface area contributed by atoms with Gasteiger partial charge in [-0.15, -0.1) is 12.4 Å². The number of nitrogens with zero attached hydrogens (tertiary/aromatic N) is 2. The average molecular weight is 389 g/mol. The Bertz CT molecular complexity index is 742. The number of alkyl halides is 3. The summed E-state index contributed by atoms with van der Waals surface area (Å²) in [6.45, 7) is 2.58. The Balaban J connectivity index is 0.00000243. The number of aromatic nitrogens is 2. The van der Waals surface area contributed by atoms with Crippen LogP contribution in [0.2, 0.25) is 0 Å². The first-order valence-corrected chi connectivity index (χ1v) is 8.16. The molecule has 0 saturated carbocycles. The van der Waals surface area contributed by atoms with E-state index < -0.39 is 11.9 Å². The standard InChI is InChI=1S/C17H19F3N4O.ClH/c18-17(19,20)15-6-9-24(23-15)14-3-1-2-13(10-14)16(25)22-8-5-12-4-7-21-11-12;/h1-3,6,9-10,12,21H,4-5,7-8,11H2,(H,22,25);1H. The van der Waals surface area contributed by atoms with E-state index in [0.717, 1.165) is 36.7 Å². The van der Waals surface area contributed by atoms with Crippen LogP contribution in [0.3, 0.4) is 0 Å². The zero-order chi connectivity index (χ0) is 17.9. The molecule has 1 aromatic carbocycles. The van der Waals surface area contributed by atoms with E-state index in [1.165, 1.54) is 12.3 Å². The van der Waals surface area contributed by atoms with Gasteiger partial charge in [-0.25, -0.2) is 4.68 Å². The number of nitrogens with one attached hydrogen (secondary N) is 2. The Labute approximate surface area is 155 Å². The summed E-state index contributed by atoms with van der Waals surface area (Å²) < 4.78 is 39.1. The largest absolute Gasteiger partial charge is 0.435 e. The minimum absolute atomic E-state index is 0. The normalized spacial score (nSPS) is 17.0. The minimum atomic E-state index is -4.49. The summed E-state index contributed by atoms with van der Waals surface area (Å²) in [5, 5.41) is 9.66. The number of hydrogen-bond donors (Lipinski definition) is 2. The van der Waals surface area contributed by atoms with Gasteiger partial charge in [0, 0.05) is 18.3 Å². The maximum atomic E-state index is 12.6. The van der Waals surface area contributed by atoms with Crippen molar-refractivity contribution < 1.29 is 18.0 Å². The lowest BCUT2D eigenvalue weighted by atomic mass is 10.1. The van der Waals surface area contributed by atoms with Crippen molar-refractivity contribution in [2.75, 3.05) is 19.6 Å². The van der Waals surface area contributed by atoms with Crippen LogP contribution in [0.5, 0.6) is 0 Å². The fraction of sp³-hybridized carbons (Fsp3) is 0.412. The van der Waals surface area contributed by atoms with E-state index in [4.69, 9.17) is 0 Å². The van der Waals surface area contributed by atoms with Crippen molar-refractivity contribution in [3.8, 4) is 5.69 Å². The molecule has 0 aliphatic carbocycles. The highest BCUT2D eigenvalue weighted by Crippen LogP contribution is 2.27. The number of halogens is 4. The summed E-state index contributed by atoms with van der Waals surface area (Å²) in [6, 6.07) is 7.29. The third kappa shape index (κ3) is 4.98. The molecule has 1 aliphatic heterocycles. The number of amides is 1. The van der Waals surface area contributed by atoms with E-state index in [0.29, 0.717) is 23.7 Å². The van der Waals surface area contributed by atoms with Crippen LogP contribution in [-0.4, -0.2) is 35.3 Å². The lowest BCUT2D eigenvalue weighted by Gasteiger charge is -2.10. The average Bonchev–Trinajstić information content (AvgIpc) is 3.26. The van der Waals surface area contributed by atoms with Crippen molar-refractivity contribution >= 4 is 18.3 Å². The predicted molar refractivity (Wildman–Crippen MR) is 93.7 cm³/mol. The summed E-state index contributed by atoms with van der Waals surface area (Å²) in [5.41, 5.74) is -0.165. The van der Waals surface area contributed by atoms with Crippen molar-refractivity contribution in [3.05, 3.63) is 47.8 Å². The van der Waals surface area contributed by atoms with Gasteiger partial charge in [0.05, 0.1) is 5.69 Å². The molecule has 142 valence electrons. The van der Waals surface area contributed by atoms with Crippen LogP contribution in [-0.2, 0) is 6.18 Å². The van der Waals surface area contributed by atoms with E-state index in [9.17, 15) is 18.0 Å². The Morgan fingerprint density at radius 2 is 2.15 bits per heavy atom. The SMILES string of the molecule is Cl.O=C(NCCC1CCNC1)c1cccc(-n2ccc(C(F)(F)F)n2)c1. The Morgan fingerprint density at radius 3 is 2.81 bits per heavy atom. The van der Waals surface area contributed by atoms with Gasteiger partial charge in [0.2, 0.25) is 0 Å². The number of carbonyl (C=O) groups excluding carboxylic acids is 1. The van der Waals surface area contributed by atoms with Gasteiger partial charge in [0.25, 0.3) is 5.91 Å². The molecular formula is C17H20ClF3N4O. The number of benzene rings is 1. The quantitative estimate of drug-likeness (QED) is 0.827. The van der Waals surface area contributed by atoms with Crippen molar-refractivity contribution in [1.82, 2.24) is 20.4 Å². The molecule has 9 heteroatoms. The van der Waals surface area contributed by atoms with Crippen LogP contribution in [0, 0.1) is 5.92 Å². The predicted octanol–water partition coefficient (Wildman–Crippen LogP) is 3.04. The van der Waals surface area contributed by atoms with Crippen LogP contribution in [0.25, 0.3) is 5.69 Å². The molecule has 0 bridgehead atoms. The number of hydrogen-bond acceptors (Lipinski definition) is 3. The molecule has 1 atom stereocenters. The monoisotopic (exact) mass is 388 g/mol. The van der Waals surface area contributed by atoms with Crippen LogP contribution in [0.1, 0.15) is 28.9 Å². The molecule has 0 spiro atoms. The van der Waals surface area contributed by atoms with Gasteiger partial charge in [-0.05, 0) is 56.1 Å². The maximum Gasteiger partial charge on any atom is 0.435 e. The molecule has 26 heavy (non-hydrogen) atoms. The molecule has 0 radical (unpaired) electrons. The van der Waals surface area contributed by atoms with Gasteiger partial charge in [-0.3, -0.25) is 4.79 Å². The first-order valence-electron chi connectivity index (χ1n) is 8.16. The summed E-state index contributed by atoms with van der Waals surface area (Å²) >= 11 is 0. The second kappa shape index (κ2) is 8.55. The lowest BCUT2D eigenvalue weighted by molar-refractivity contribution is -0.141. The van der Waals surface area contributed by atoms with Crippen LogP contribution in [0.4, 0.5) is 13.2 Å². The fourth-order valence-electron chi connectivity index (χ4n) is 2.86. The molecule has 1 saturated heterocycles. The van der Waals surface area contributed by atoms with Crippen LogP contribution >= 0.6 is 12.4 Å². The van der Waals surface area contributed by atoms with Gasteiger partial charge < -0.3 is 10.6 Å². The number of rotatable bonds is 5. The zero-order valence-electron chi connectivity index (χ0n) is 13.9. The van der Waals surface area contributed by atoms with Gasteiger partial charge in [0.1, 0.15) is 0 Å². The molecule has 1 fully saturated rings. The zero-order valence-corrected chi connectivity index (χ0v) is 14.7. The highest BCUT2D eigenvalue weighted by molar-refractivity contribution is 5.94. The van der Waals surface area contributed by atoms with E-state index in [-0.39, 0.29) is 18.3 Å². The second-order valence-corrected chi connectivity index (χ2v) is 6.10. The summed E-state index contributed by atoms with van der Waals surface area (Å²) in [5.74, 6) is 0.340. The first kappa shape index (κ1) is 20.3. The summed E-state index contributed by atoms with van der Waals surface area (Å²) in [4.78, 5) is 12.2. The highest BCUT2D eigenvalue weighted by Gasteiger charge is 2.33. The molecule has 1 unspecified atom stereocenters. The van der Waals surface area contributed by atoms with Gasteiger partial charge >= 0.3 is 6.18 Å². The molecule has 2 heterocycles. The van der Waals surface area contributed by atoms with Crippen molar-refractivity contribution in [3.63, 3.8) is 0 Å². The third-order valence-corrected chi connectivity index (χ3v) is 4.25. The van der Waals surface area contributed by atoms with Crippen LogP contribution < -0.4 is 10.6 Å². The minimum Gasteiger partial charge on any atom is -0.352 e. The smallest absolute Gasteiger partial charge is 0.352 e. The van der Waals surface area contributed by atoms with Gasteiger partial charge in [-0.2, -0.15) is 18.3 Å². The molecule has 1 aliphatic rings. The van der Waals surface area contributed by atoms with Crippen molar-refractivity contribution in [2.24, 2.45) is 5.92 Å².